The summed E-state index contributed by atoms with van der Waals surface area (Å²) >= 11 is 0. The molecule has 0 radical (unpaired) electrons. The molecule has 2 nitrogen and oxygen atoms in total. The van der Waals surface area contributed by atoms with Gasteiger partial charge in [0, 0.05) is 0 Å². The van der Waals surface area contributed by atoms with E-state index in [9.17, 15) is 0 Å². The Hall–Kier alpha value is -0.100. The van der Waals surface area contributed by atoms with E-state index in [2.05, 4.69) is 5.09 Å². The van der Waals surface area contributed by atoms with Crippen LogP contribution in [0.15, 0.2) is 0 Å². The van der Waals surface area contributed by atoms with Gasteiger partial charge >= 0.3 is 0 Å². The van der Waals surface area contributed by atoms with E-state index in [1.807, 2.05) is 9.39 Å². The van der Waals surface area contributed by atoms with E-state index in [4.69, 9.17) is 4.79 Å². The summed E-state index contributed by atoms with van der Waals surface area (Å²) in [5, 5.41) is 2.17. The highest BCUT2D eigenvalue weighted by Crippen LogP contribution is 1.51. The number of hydrogen-bond acceptors (Lipinski definition) is 1. The monoisotopic (exact) mass is 77.0 g/mol. The Kier molecular flexibility index (Phi) is 2.83. The Morgan fingerprint density at radius 3 is 2.25 bits per heavy atom. The lowest BCUT2D eigenvalue weighted by Gasteiger charge is -1.64. The Bertz CT molecular complexity index is 22.0. The molecule has 0 heterocycles. The average molecular weight is 77.0 g/mol. The van der Waals surface area contributed by atoms with Crippen molar-refractivity contribution in [3.8, 4) is 0 Å². The minimum atomic E-state index is 0.588. The summed E-state index contributed by atoms with van der Waals surface area (Å²) in [6.07, 6.45) is 0.588. The van der Waals surface area contributed by atoms with Gasteiger partial charge in [-0.05, 0) is 9.39 Å². The fourth-order valence-electron chi connectivity index (χ4n) is 0. The van der Waals surface area contributed by atoms with E-state index in [1.165, 1.54) is 0 Å². The Balaban J connectivity index is 2.30. The van der Waals surface area contributed by atoms with Crippen LogP contribution in [0, 0.1) is 0 Å². The predicted octanol–water partition coefficient (Wildman–Crippen LogP) is -0.478. The van der Waals surface area contributed by atoms with Gasteiger partial charge in [-0.1, -0.05) is 0 Å². The normalized spacial score (nSPS) is 5.25. The Morgan fingerprint density at radius 2 is 2.25 bits per heavy atom. The number of carbonyl (C=O) groups excluding carboxylic acids is 1. The summed E-state index contributed by atoms with van der Waals surface area (Å²) in [6, 6.07) is 0. The molecular formula is CH4NOP. The lowest BCUT2D eigenvalue weighted by atomic mass is 11.5. The van der Waals surface area contributed by atoms with Crippen LogP contribution in [0.4, 0.5) is 0 Å². The first kappa shape index (κ1) is 3.90. The van der Waals surface area contributed by atoms with Gasteiger partial charge in [0.05, 0.1) is 0 Å². The summed E-state index contributed by atoms with van der Waals surface area (Å²) in [5.41, 5.74) is 0. The third kappa shape index (κ3) is 1.90. The molecule has 0 aliphatic rings. The minimum Gasteiger partial charge on any atom is -0.343 e. The molecule has 0 aromatic heterocycles. The van der Waals surface area contributed by atoms with Crippen LogP contribution in [-0.4, -0.2) is 6.41 Å². The third-order valence-corrected chi connectivity index (χ3v) is 0.204. The third-order valence-electron chi connectivity index (χ3n) is 0.0680. The van der Waals surface area contributed by atoms with E-state index >= 15 is 0 Å². The minimum absolute atomic E-state index is 0.588. The van der Waals surface area contributed by atoms with Crippen molar-refractivity contribution in [2.75, 3.05) is 0 Å². The molecule has 0 spiro atoms. The Labute approximate surface area is 26.8 Å². The van der Waals surface area contributed by atoms with Gasteiger partial charge in [-0.2, -0.15) is 0 Å². The highest BCUT2D eigenvalue weighted by atomic mass is 31.0. The van der Waals surface area contributed by atoms with Crippen molar-refractivity contribution < 1.29 is 4.79 Å². The second kappa shape index (κ2) is 2.90. The molecule has 0 aliphatic heterocycles. The van der Waals surface area contributed by atoms with Crippen LogP contribution in [0.2, 0.25) is 0 Å². The van der Waals surface area contributed by atoms with Crippen LogP contribution in [0.5, 0.6) is 0 Å². The van der Waals surface area contributed by atoms with Crippen molar-refractivity contribution in [3.05, 3.63) is 0 Å². The van der Waals surface area contributed by atoms with Gasteiger partial charge in [0.1, 0.15) is 0 Å². The van der Waals surface area contributed by atoms with Gasteiger partial charge in [-0.15, -0.1) is 0 Å². The van der Waals surface area contributed by atoms with E-state index in [1.54, 1.807) is 0 Å². The zero-order valence-corrected chi connectivity index (χ0v) is 3.22. The van der Waals surface area contributed by atoms with E-state index in [0.29, 0.717) is 6.41 Å². The number of amides is 1. The van der Waals surface area contributed by atoms with Crippen molar-refractivity contribution in [1.82, 2.24) is 5.09 Å². The first-order valence-electron chi connectivity index (χ1n) is 0.813. The molecule has 0 aromatic rings. The molecular weight excluding hydrogens is 73.0 g/mol. The zero-order valence-electron chi connectivity index (χ0n) is 2.06. The highest BCUT2D eigenvalue weighted by molar-refractivity contribution is 7.14. The first-order chi connectivity index (χ1) is 1.91. The van der Waals surface area contributed by atoms with Crippen molar-refractivity contribution in [2.45, 2.75) is 0 Å². The van der Waals surface area contributed by atoms with Crippen molar-refractivity contribution in [3.63, 3.8) is 0 Å². The molecule has 0 aromatic carbocycles. The standard InChI is InChI=1S/CH4NOP/c3-1-2-4/h1H,4H2,(H,2,3). The second-order valence-corrected chi connectivity index (χ2v) is 0.618. The number of hydrogen-bond donors (Lipinski definition) is 1. The maximum Gasteiger partial charge on any atom is 0.209 e. The molecule has 24 valence electrons. The number of rotatable bonds is 1. The van der Waals surface area contributed by atoms with Gasteiger partial charge in [-0.3, -0.25) is 4.79 Å². The molecule has 0 bridgehead atoms. The van der Waals surface area contributed by atoms with Gasteiger partial charge in [0.2, 0.25) is 6.41 Å². The fraction of sp³-hybridized carbons (Fsp3) is 0. The van der Waals surface area contributed by atoms with Gasteiger partial charge < -0.3 is 5.09 Å². The summed E-state index contributed by atoms with van der Waals surface area (Å²) in [7, 11) is 2.04. The molecule has 0 saturated carbocycles. The summed E-state index contributed by atoms with van der Waals surface area (Å²) in [5.74, 6) is 0. The van der Waals surface area contributed by atoms with Gasteiger partial charge in [-0.25, -0.2) is 0 Å². The lowest BCUT2D eigenvalue weighted by Crippen LogP contribution is -1.86. The van der Waals surface area contributed by atoms with E-state index in [0.717, 1.165) is 0 Å². The summed E-state index contributed by atoms with van der Waals surface area (Å²) < 4.78 is 0. The molecule has 3 heteroatoms. The molecule has 4 heavy (non-hydrogen) atoms. The molecule has 0 rings (SSSR count). The topological polar surface area (TPSA) is 29.1 Å². The second-order valence-electron chi connectivity index (χ2n) is 0.285. The average Bonchev–Trinajstić information content (AvgIpc) is 1.37. The number of carbonyl (C=O) groups is 1. The zero-order chi connectivity index (χ0) is 3.41. The Morgan fingerprint density at radius 1 is 2.00 bits per heavy atom. The number of nitrogens with one attached hydrogen (secondary N) is 1. The molecule has 0 fully saturated rings. The molecule has 0 aliphatic carbocycles. The van der Waals surface area contributed by atoms with E-state index in [-0.39, 0.29) is 0 Å². The van der Waals surface area contributed by atoms with E-state index < -0.39 is 0 Å². The van der Waals surface area contributed by atoms with Gasteiger partial charge in [0.15, 0.2) is 0 Å². The molecule has 1 N–H and O–H groups in total. The van der Waals surface area contributed by atoms with Crippen LogP contribution in [0.3, 0.4) is 0 Å². The summed E-state index contributed by atoms with van der Waals surface area (Å²) in [4.78, 5) is 9.04. The van der Waals surface area contributed by atoms with Crippen molar-refractivity contribution in [2.24, 2.45) is 0 Å². The maximum absolute atomic E-state index is 9.04. The maximum atomic E-state index is 9.04. The van der Waals surface area contributed by atoms with Crippen LogP contribution in [0.25, 0.3) is 0 Å². The SMILES string of the molecule is O=CNP. The largest absolute Gasteiger partial charge is 0.343 e. The molecule has 1 amide bonds. The highest BCUT2D eigenvalue weighted by Gasteiger charge is 1.43. The van der Waals surface area contributed by atoms with Gasteiger partial charge in [0.25, 0.3) is 0 Å². The quantitative estimate of drug-likeness (QED) is 0.332. The molecule has 1 unspecified atom stereocenters. The smallest absolute Gasteiger partial charge is 0.209 e. The van der Waals surface area contributed by atoms with Crippen LogP contribution in [-0.2, 0) is 4.79 Å². The predicted molar refractivity (Wildman–Crippen MR) is 18.9 cm³/mol. The van der Waals surface area contributed by atoms with Crippen molar-refractivity contribution >= 4 is 15.8 Å². The van der Waals surface area contributed by atoms with Crippen LogP contribution in [0.1, 0.15) is 0 Å². The first-order valence-corrected chi connectivity index (χ1v) is 1.39. The summed E-state index contributed by atoms with van der Waals surface area (Å²) in [6.45, 7) is 0. The fourth-order valence-corrected chi connectivity index (χ4v) is 0. The lowest BCUT2D eigenvalue weighted by molar-refractivity contribution is -0.107. The molecule has 1 atom stereocenters. The van der Waals surface area contributed by atoms with Crippen LogP contribution < -0.4 is 5.09 Å². The van der Waals surface area contributed by atoms with Crippen molar-refractivity contribution in [1.29, 1.82) is 0 Å². The van der Waals surface area contributed by atoms with Crippen LogP contribution >= 0.6 is 9.39 Å². The molecule has 0 saturated heterocycles.